The first-order valence-electron chi connectivity index (χ1n) is 7.77. The van der Waals surface area contributed by atoms with E-state index in [2.05, 4.69) is 30.9 Å². The molecular formula is C17H19BrN4O2. The fourth-order valence-electron chi connectivity index (χ4n) is 2.45. The average Bonchev–Trinajstić information content (AvgIpc) is 2.52. The van der Waals surface area contributed by atoms with E-state index < -0.39 is 5.60 Å². The number of carbonyl (C=O) groups is 1. The van der Waals surface area contributed by atoms with Crippen molar-refractivity contribution in [2.75, 3.05) is 6.54 Å². The van der Waals surface area contributed by atoms with Crippen molar-refractivity contribution in [2.45, 2.75) is 39.3 Å². The van der Waals surface area contributed by atoms with E-state index in [1.807, 2.05) is 39.0 Å². The zero-order chi connectivity index (χ0) is 17.3. The molecule has 126 valence electrons. The minimum absolute atomic E-state index is 0.300. The highest BCUT2D eigenvalue weighted by atomic mass is 79.9. The summed E-state index contributed by atoms with van der Waals surface area (Å²) in [5.74, 6) is 0.598. The number of fused-ring (bicyclic) bond motifs is 1. The van der Waals surface area contributed by atoms with Crippen LogP contribution >= 0.6 is 15.9 Å². The van der Waals surface area contributed by atoms with Crippen LogP contribution in [-0.4, -0.2) is 38.1 Å². The average molecular weight is 391 g/mol. The van der Waals surface area contributed by atoms with Gasteiger partial charge in [-0.3, -0.25) is 0 Å². The van der Waals surface area contributed by atoms with Gasteiger partial charge in [-0.25, -0.2) is 19.7 Å². The molecule has 0 atom stereocenters. The Morgan fingerprint density at radius 2 is 2.08 bits per heavy atom. The number of pyridine rings is 1. The van der Waals surface area contributed by atoms with Gasteiger partial charge < -0.3 is 9.64 Å². The van der Waals surface area contributed by atoms with Crippen molar-refractivity contribution in [1.82, 2.24) is 19.9 Å². The van der Waals surface area contributed by atoms with Gasteiger partial charge in [-0.15, -0.1) is 0 Å². The summed E-state index contributed by atoms with van der Waals surface area (Å²) in [4.78, 5) is 27.3. The molecule has 3 heterocycles. The lowest BCUT2D eigenvalue weighted by molar-refractivity contribution is 0.0222. The monoisotopic (exact) mass is 390 g/mol. The van der Waals surface area contributed by atoms with E-state index in [0.717, 1.165) is 21.6 Å². The van der Waals surface area contributed by atoms with Crippen molar-refractivity contribution >= 4 is 22.0 Å². The van der Waals surface area contributed by atoms with Crippen LogP contribution in [0.15, 0.2) is 29.0 Å². The lowest BCUT2D eigenvalue weighted by atomic mass is 10.1. The number of aromatic nitrogens is 3. The number of nitrogens with zero attached hydrogens (tertiary/aromatic N) is 4. The third-order valence-corrected chi connectivity index (χ3v) is 3.97. The quantitative estimate of drug-likeness (QED) is 0.695. The minimum atomic E-state index is -0.496. The Bertz CT molecular complexity index is 773. The Morgan fingerprint density at radius 3 is 2.79 bits per heavy atom. The van der Waals surface area contributed by atoms with Gasteiger partial charge in [-0.1, -0.05) is 6.07 Å². The molecule has 0 saturated heterocycles. The minimum Gasteiger partial charge on any atom is -0.444 e. The number of amides is 1. The van der Waals surface area contributed by atoms with Crippen LogP contribution in [-0.2, 0) is 17.7 Å². The van der Waals surface area contributed by atoms with E-state index in [0.29, 0.717) is 25.3 Å². The van der Waals surface area contributed by atoms with Crippen LogP contribution in [0.1, 0.15) is 32.0 Å². The zero-order valence-electron chi connectivity index (χ0n) is 13.9. The highest BCUT2D eigenvalue weighted by molar-refractivity contribution is 9.10. The number of rotatable bonds is 1. The third kappa shape index (κ3) is 3.90. The van der Waals surface area contributed by atoms with Crippen molar-refractivity contribution in [2.24, 2.45) is 0 Å². The maximum Gasteiger partial charge on any atom is 0.410 e. The second-order valence-corrected chi connectivity index (χ2v) is 7.48. The summed E-state index contributed by atoms with van der Waals surface area (Å²) < 4.78 is 6.18. The summed E-state index contributed by atoms with van der Waals surface area (Å²) in [5.41, 5.74) is 2.14. The summed E-state index contributed by atoms with van der Waals surface area (Å²) in [6.45, 7) is 6.65. The van der Waals surface area contributed by atoms with Gasteiger partial charge in [-0.2, -0.15) is 0 Å². The van der Waals surface area contributed by atoms with Gasteiger partial charge in [0.15, 0.2) is 5.82 Å². The van der Waals surface area contributed by atoms with Crippen molar-refractivity contribution in [3.8, 4) is 11.5 Å². The molecule has 0 unspecified atom stereocenters. The number of carbonyl (C=O) groups excluding carboxylic acids is 1. The van der Waals surface area contributed by atoms with Gasteiger partial charge >= 0.3 is 6.09 Å². The fourth-order valence-corrected chi connectivity index (χ4v) is 2.80. The molecule has 24 heavy (non-hydrogen) atoms. The third-order valence-electron chi connectivity index (χ3n) is 3.53. The van der Waals surface area contributed by atoms with Crippen LogP contribution < -0.4 is 0 Å². The second kappa shape index (κ2) is 6.47. The molecule has 7 heteroatoms. The highest BCUT2D eigenvalue weighted by Gasteiger charge is 2.26. The lowest BCUT2D eigenvalue weighted by Gasteiger charge is -2.30. The van der Waals surface area contributed by atoms with Gasteiger partial charge in [-0.05, 0) is 48.8 Å². The summed E-state index contributed by atoms with van der Waals surface area (Å²) in [6.07, 6.45) is 2.15. The van der Waals surface area contributed by atoms with E-state index in [4.69, 9.17) is 4.74 Å². The Balaban J connectivity index is 1.78. The molecule has 1 aliphatic heterocycles. The topological polar surface area (TPSA) is 68.2 Å². The summed E-state index contributed by atoms with van der Waals surface area (Å²) in [7, 11) is 0. The van der Waals surface area contributed by atoms with Gasteiger partial charge in [0.2, 0.25) is 0 Å². The molecule has 0 spiro atoms. The van der Waals surface area contributed by atoms with Crippen LogP contribution in [0.2, 0.25) is 0 Å². The Morgan fingerprint density at radius 1 is 1.29 bits per heavy atom. The van der Waals surface area contributed by atoms with Crippen LogP contribution in [0.4, 0.5) is 4.79 Å². The zero-order valence-corrected chi connectivity index (χ0v) is 15.5. The van der Waals surface area contributed by atoms with Crippen molar-refractivity contribution in [3.63, 3.8) is 0 Å². The first-order valence-corrected chi connectivity index (χ1v) is 8.57. The maximum absolute atomic E-state index is 12.2. The van der Waals surface area contributed by atoms with E-state index >= 15 is 0 Å². The largest absolute Gasteiger partial charge is 0.444 e. The molecule has 0 radical (unpaired) electrons. The lowest BCUT2D eigenvalue weighted by Crippen LogP contribution is -2.40. The van der Waals surface area contributed by atoms with Crippen LogP contribution in [0.5, 0.6) is 0 Å². The first kappa shape index (κ1) is 16.8. The molecule has 0 aliphatic carbocycles. The molecule has 1 amide bonds. The molecule has 0 bridgehead atoms. The molecule has 1 aliphatic rings. The van der Waals surface area contributed by atoms with E-state index in [-0.39, 0.29) is 6.09 Å². The van der Waals surface area contributed by atoms with Crippen LogP contribution in [0.25, 0.3) is 11.5 Å². The number of halogens is 1. The fraction of sp³-hybridized carbons (Fsp3) is 0.412. The Labute approximate surface area is 149 Å². The Kier molecular flexibility index (Phi) is 4.54. The second-order valence-electron chi connectivity index (χ2n) is 6.66. The predicted molar refractivity (Wildman–Crippen MR) is 93.3 cm³/mol. The van der Waals surface area contributed by atoms with E-state index in [1.165, 1.54) is 0 Å². The molecule has 0 fully saturated rings. The first-order chi connectivity index (χ1) is 11.3. The van der Waals surface area contributed by atoms with Crippen molar-refractivity contribution in [1.29, 1.82) is 0 Å². The molecule has 0 saturated carbocycles. The molecule has 3 rings (SSSR count). The number of hydrogen-bond donors (Lipinski definition) is 0. The highest BCUT2D eigenvalue weighted by Crippen LogP contribution is 2.22. The SMILES string of the molecule is CC(C)(C)OC(=O)N1CCc2nc(-c3cccc(Br)n3)ncc2C1. The molecule has 0 N–H and O–H groups in total. The summed E-state index contributed by atoms with van der Waals surface area (Å²) >= 11 is 3.36. The normalized spacial score (nSPS) is 14.2. The predicted octanol–water partition coefficient (Wildman–Crippen LogP) is 3.59. The van der Waals surface area contributed by atoms with Crippen LogP contribution in [0.3, 0.4) is 0 Å². The van der Waals surface area contributed by atoms with Gasteiger partial charge in [0.25, 0.3) is 0 Å². The molecular weight excluding hydrogens is 372 g/mol. The van der Waals surface area contributed by atoms with E-state index in [9.17, 15) is 4.79 Å². The van der Waals surface area contributed by atoms with Crippen LogP contribution in [0, 0.1) is 0 Å². The number of hydrogen-bond acceptors (Lipinski definition) is 5. The van der Waals surface area contributed by atoms with Gasteiger partial charge in [0.1, 0.15) is 15.9 Å². The van der Waals surface area contributed by atoms with E-state index in [1.54, 1.807) is 11.1 Å². The van der Waals surface area contributed by atoms with Crippen molar-refractivity contribution in [3.05, 3.63) is 40.3 Å². The Hall–Kier alpha value is -2.02. The number of ether oxygens (including phenoxy) is 1. The molecule has 2 aromatic rings. The molecule has 2 aromatic heterocycles. The maximum atomic E-state index is 12.2. The standard InChI is InChI=1S/C17H19BrN4O2/c1-17(2,3)24-16(23)22-8-7-12-11(10-22)9-19-15(21-12)13-5-4-6-14(18)20-13/h4-6,9H,7-8,10H2,1-3H3. The van der Waals surface area contributed by atoms with Gasteiger partial charge in [0, 0.05) is 24.7 Å². The summed E-state index contributed by atoms with van der Waals surface area (Å²) in [5, 5.41) is 0. The molecule has 0 aromatic carbocycles. The smallest absolute Gasteiger partial charge is 0.410 e. The molecule has 6 nitrogen and oxygen atoms in total. The summed E-state index contributed by atoms with van der Waals surface area (Å²) in [6, 6.07) is 5.64. The van der Waals surface area contributed by atoms with Crippen molar-refractivity contribution < 1.29 is 9.53 Å². The van der Waals surface area contributed by atoms with Gasteiger partial charge in [0.05, 0.1) is 12.2 Å².